The van der Waals surface area contributed by atoms with Crippen LogP contribution in [0.15, 0.2) is 52.2 Å². The van der Waals surface area contributed by atoms with Crippen LogP contribution in [0.5, 0.6) is 0 Å². The number of nitrogens with one attached hydrogen (secondary N) is 1. The third-order valence-corrected chi connectivity index (χ3v) is 7.10. The molecule has 1 N–H and O–H groups in total. The Morgan fingerprint density at radius 2 is 1.73 bits per heavy atom. The summed E-state index contributed by atoms with van der Waals surface area (Å²) in [6.07, 6.45) is 2.91. The molecule has 0 bridgehead atoms. The van der Waals surface area contributed by atoms with Crippen molar-refractivity contribution in [2.24, 2.45) is 0 Å². The fourth-order valence-electron chi connectivity index (χ4n) is 3.29. The summed E-state index contributed by atoms with van der Waals surface area (Å²) in [6, 6.07) is 8.52. The number of amides is 2. The molecule has 1 aliphatic heterocycles. The van der Waals surface area contributed by atoms with Crippen LogP contribution in [0.3, 0.4) is 0 Å². The molecule has 0 atom stereocenters. The molecule has 2 aromatic rings. The predicted octanol–water partition coefficient (Wildman–Crippen LogP) is 2.06. The Bertz CT molecular complexity index is 961. The highest BCUT2D eigenvalue weighted by Crippen LogP contribution is 2.21. The molecular formula is C21H27N3O5S. The zero-order valence-corrected chi connectivity index (χ0v) is 18.0. The number of benzene rings is 1. The number of sulfonamides is 1. The molecule has 3 rings (SSSR count). The molecule has 1 aromatic carbocycles. The molecule has 1 aliphatic rings. The minimum absolute atomic E-state index is 0.110. The molecule has 0 saturated carbocycles. The summed E-state index contributed by atoms with van der Waals surface area (Å²) >= 11 is 0. The highest BCUT2D eigenvalue weighted by molar-refractivity contribution is 7.89. The van der Waals surface area contributed by atoms with Gasteiger partial charge in [-0.05, 0) is 29.7 Å². The Labute approximate surface area is 176 Å². The Morgan fingerprint density at radius 3 is 2.30 bits per heavy atom. The highest BCUT2D eigenvalue weighted by atomic mass is 32.2. The van der Waals surface area contributed by atoms with Crippen molar-refractivity contribution in [3.05, 3.63) is 54.0 Å². The van der Waals surface area contributed by atoms with Crippen LogP contribution in [0.1, 0.15) is 42.1 Å². The minimum atomic E-state index is -3.58. The fourth-order valence-corrected chi connectivity index (χ4v) is 4.71. The van der Waals surface area contributed by atoms with E-state index in [0.717, 1.165) is 5.56 Å². The summed E-state index contributed by atoms with van der Waals surface area (Å²) in [5, 5.41) is 2.67. The van der Waals surface area contributed by atoms with Gasteiger partial charge in [-0.2, -0.15) is 4.31 Å². The van der Waals surface area contributed by atoms with Crippen molar-refractivity contribution in [2.45, 2.75) is 31.1 Å². The third-order valence-electron chi connectivity index (χ3n) is 5.18. The summed E-state index contributed by atoms with van der Waals surface area (Å²) in [5.41, 5.74) is 1.49. The molecule has 1 fully saturated rings. The first-order valence-electron chi connectivity index (χ1n) is 9.97. The lowest BCUT2D eigenvalue weighted by atomic mass is 10.0. The topological polar surface area (TPSA) is 99.9 Å². The first-order chi connectivity index (χ1) is 14.3. The number of nitrogens with zero attached hydrogens (tertiary/aromatic N) is 2. The highest BCUT2D eigenvalue weighted by Gasteiger charge is 2.30. The third kappa shape index (κ3) is 5.09. The lowest BCUT2D eigenvalue weighted by Crippen LogP contribution is -2.50. The van der Waals surface area contributed by atoms with E-state index in [1.165, 1.54) is 16.8 Å². The maximum Gasteiger partial charge on any atom is 0.254 e. The van der Waals surface area contributed by atoms with Crippen molar-refractivity contribution in [3.8, 4) is 0 Å². The predicted molar refractivity (Wildman–Crippen MR) is 112 cm³/mol. The second-order valence-electron chi connectivity index (χ2n) is 7.53. The summed E-state index contributed by atoms with van der Waals surface area (Å²) < 4.78 is 32.0. The number of carbonyl (C=O) groups is 2. The zero-order chi connectivity index (χ0) is 21.7. The van der Waals surface area contributed by atoms with Gasteiger partial charge in [0.15, 0.2) is 0 Å². The number of hydrogen-bond donors (Lipinski definition) is 1. The van der Waals surface area contributed by atoms with Crippen LogP contribution in [0.25, 0.3) is 0 Å². The SMILES string of the molecule is CC(C)c1ccc(S(=O)(=O)N2CCN(C(=O)CCNC(=O)c3ccoc3)CC2)cc1. The molecule has 0 aliphatic carbocycles. The summed E-state index contributed by atoms with van der Waals surface area (Å²) in [6.45, 7) is 5.49. The molecule has 2 heterocycles. The Kier molecular flexibility index (Phi) is 6.94. The van der Waals surface area contributed by atoms with Gasteiger partial charge in [0.05, 0.1) is 16.7 Å². The molecule has 8 nitrogen and oxygen atoms in total. The van der Waals surface area contributed by atoms with E-state index in [9.17, 15) is 18.0 Å². The molecule has 0 unspecified atom stereocenters. The van der Waals surface area contributed by atoms with Gasteiger partial charge in [-0.15, -0.1) is 0 Å². The first-order valence-corrected chi connectivity index (χ1v) is 11.4. The molecule has 0 spiro atoms. The van der Waals surface area contributed by atoms with Gasteiger partial charge in [0.1, 0.15) is 6.26 Å². The summed E-state index contributed by atoms with van der Waals surface area (Å²) in [5.74, 6) is -0.0717. The van der Waals surface area contributed by atoms with Crippen molar-refractivity contribution < 1.29 is 22.4 Å². The molecule has 162 valence electrons. The number of furan rings is 1. The monoisotopic (exact) mass is 433 g/mol. The van der Waals surface area contributed by atoms with Gasteiger partial charge in [-0.25, -0.2) is 8.42 Å². The van der Waals surface area contributed by atoms with E-state index in [1.54, 1.807) is 23.1 Å². The van der Waals surface area contributed by atoms with Crippen molar-refractivity contribution >= 4 is 21.8 Å². The van der Waals surface area contributed by atoms with Gasteiger partial charge in [0, 0.05) is 39.1 Å². The number of hydrogen-bond acceptors (Lipinski definition) is 5. The fraction of sp³-hybridized carbons (Fsp3) is 0.429. The van der Waals surface area contributed by atoms with E-state index in [4.69, 9.17) is 4.42 Å². The maximum absolute atomic E-state index is 12.9. The van der Waals surface area contributed by atoms with Gasteiger partial charge < -0.3 is 14.6 Å². The Hall–Kier alpha value is -2.65. The summed E-state index contributed by atoms with van der Waals surface area (Å²) in [7, 11) is -3.58. The van der Waals surface area contributed by atoms with Crippen LogP contribution in [0.2, 0.25) is 0 Å². The van der Waals surface area contributed by atoms with Gasteiger partial charge >= 0.3 is 0 Å². The lowest BCUT2D eigenvalue weighted by molar-refractivity contribution is -0.132. The number of piperazine rings is 1. The van der Waals surface area contributed by atoms with Crippen molar-refractivity contribution in [1.82, 2.24) is 14.5 Å². The molecular weight excluding hydrogens is 406 g/mol. The Balaban J connectivity index is 1.48. The van der Waals surface area contributed by atoms with Gasteiger partial charge in [-0.1, -0.05) is 26.0 Å². The minimum Gasteiger partial charge on any atom is -0.472 e. The molecule has 1 saturated heterocycles. The average Bonchev–Trinajstić information content (AvgIpc) is 3.29. The number of carbonyl (C=O) groups excluding carboxylic acids is 2. The maximum atomic E-state index is 12.9. The molecule has 30 heavy (non-hydrogen) atoms. The van der Waals surface area contributed by atoms with E-state index >= 15 is 0 Å². The standard InChI is InChI=1S/C21H27N3O5S/c1-16(2)17-3-5-19(6-4-17)30(27,28)24-12-10-23(11-13-24)20(25)7-9-22-21(26)18-8-14-29-15-18/h3-6,8,14-16H,7,9-13H2,1-2H3,(H,22,26). The van der Waals surface area contributed by atoms with Crippen molar-refractivity contribution in [1.29, 1.82) is 0 Å². The van der Waals surface area contributed by atoms with Crippen molar-refractivity contribution in [2.75, 3.05) is 32.7 Å². The quantitative estimate of drug-likeness (QED) is 0.720. The van der Waals surface area contributed by atoms with Crippen molar-refractivity contribution in [3.63, 3.8) is 0 Å². The average molecular weight is 434 g/mol. The van der Waals surface area contributed by atoms with Crippen LogP contribution in [-0.2, 0) is 14.8 Å². The summed E-state index contributed by atoms with van der Waals surface area (Å²) in [4.78, 5) is 26.1. The van der Waals surface area contributed by atoms with E-state index in [2.05, 4.69) is 19.2 Å². The van der Waals surface area contributed by atoms with Crippen LogP contribution in [0, 0.1) is 0 Å². The Morgan fingerprint density at radius 1 is 1.07 bits per heavy atom. The smallest absolute Gasteiger partial charge is 0.254 e. The molecule has 2 amide bonds. The van der Waals surface area contributed by atoms with E-state index in [1.807, 2.05) is 12.1 Å². The van der Waals surface area contributed by atoms with E-state index < -0.39 is 10.0 Å². The molecule has 0 radical (unpaired) electrons. The molecule has 1 aromatic heterocycles. The van der Waals surface area contributed by atoms with Gasteiger partial charge in [0.2, 0.25) is 15.9 Å². The largest absolute Gasteiger partial charge is 0.472 e. The van der Waals surface area contributed by atoms with Crippen LogP contribution < -0.4 is 5.32 Å². The van der Waals surface area contributed by atoms with Gasteiger partial charge in [-0.3, -0.25) is 9.59 Å². The van der Waals surface area contributed by atoms with E-state index in [0.29, 0.717) is 24.6 Å². The zero-order valence-electron chi connectivity index (χ0n) is 17.2. The van der Waals surface area contributed by atoms with Gasteiger partial charge in [0.25, 0.3) is 5.91 Å². The lowest BCUT2D eigenvalue weighted by Gasteiger charge is -2.34. The second-order valence-corrected chi connectivity index (χ2v) is 9.46. The molecule has 9 heteroatoms. The number of rotatable bonds is 7. The van der Waals surface area contributed by atoms with E-state index in [-0.39, 0.29) is 42.8 Å². The first kappa shape index (κ1) is 22.0. The normalized spacial score (nSPS) is 15.4. The van der Waals surface area contributed by atoms with Crippen LogP contribution in [-0.4, -0.2) is 62.2 Å². The van der Waals surface area contributed by atoms with Crippen LogP contribution in [0.4, 0.5) is 0 Å². The second kappa shape index (κ2) is 9.44. The van der Waals surface area contributed by atoms with Crippen LogP contribution >= 0.6 is 0 Å².